The summed E-state index contributed by atoms with van der Waals surface area (Å²) in [5.41, 5.74) is -0.593. The summed E-state index contributed by atoms with van der Waals surface area (Å²) < 4.78 is 17.2. The lowest BCUT2D eigenvalue weighted by molar-refractivity contribution is -0.146. The maximum Gasteiger partial charge on any atom is 0.365 e. The predicted molar refractivity (Wildman–Crippen MR) is 77.1 cm³/mol. The average molecular weight is 348 g/mol. The van der Waals surface area contributed by atoms with Gasteiger partial charge in [0.25, 0.3) is 11.4 Å². The van der Waals surface area contributed by atoms with Crippen molar-refractivity contribution in [1.29, 1.82) is 0 Å². The molecular formula is C12H17N2O8P. The van der Waals surface area contributed by atoms with E-state index >= 15 is 0 Å². The van der Waals surface area contributed by atoms with E-state index in [1.54, 1.807) is 6.92 Å². The minimum atomic E-state index is -4.88. The maximum absolute atomic E-state index is 11.6. The number of aromatic nitrogens is 2. The van der Waals surface area contributed by atoms with Gasteiger partial charge in [-0.15, -0.1) is 0 Å². The van der Waals surface area contributed by atoms with E-state index in [1.807, 2.05) is 0 Å². The molecule has 0 aromatic carbocycles. The quantitative estimate of drug-likeness (QED) is 0.461. The van der Waals surface area contributed by atoms with Crippen molar-refractivity contribution >= 4 is 13.6 Å². The van der Waals surface area contributed by atoms with Crippen LogP contribution in [0.4, 0.5) is 0 Å². The summed E-state index contributed by atoms with van der Waals surface area (Å²) in [7, 11) is -4.88. The third-order valence-corrected chi connectivity index (χ3v) is 4.66. The molecule has 0 radical (unpaired) electrons. The number of aliphatic carboxylic acids is 1. The molecule has 1 saturated carbocycles. The first kappa shape index (κ1) is 17.6. The highest BCUT2D eigenvalue weighted by Crippen LogP contribution is 2.45. The molecule has 2 rings (SSSR count). The fourth-order valence-corrected chi connectivity index (χ4v) is 2.84. The summed E-state index contributed by atoms with van der Waals surface area (Å²) in [6, 6.07) is 0. The SMILES string of the molecule is Cc1cn(C[C@H]2C[C@H]2COC(C(=O)O)P(=O)(O)O)c(=O)[nH]c1=O. The predicted octanol–water partition coefficient (Wildman–Crippen LogP) is -0.914. The second-order valence-corrected chi connectivity index (χ2v) is 7.24. The van der Waals surface area contributed by atoms with Gasteiger partial charge in [0, 0.05) is 18.3 Å². The van der Waals surface area contributed by atoms with Gasteiger partial charge in [-0.2, -0.15) is 0 Å². The zero-order chi connectivity index (χ0) is 17.4. The van der Waals surface area contributed by atoms with Crippen molar-refractivity contribution in [2.75, 3.05) is 6.61 Å². The van der Waals surface area contributed by atoms with Gasteiger partial charge < -0.3 is 24.2 Å². The molecule has 0 bridgehead atoms. The molecule has 1 aromatic rings. The normalized spacial score (nSPS) is 21.9. The molecule has 4 N–H and O–H groups in total. The van der Waals surface area contributed by atoms with E-state index in [9.17, 15) is 18.9 Å². The van der Waals surface area contributed by atoms with Gasteiger partial charge in [-0.1, -0.05) is 0 Å². The molecule has 1 fully saturated rings. The molecule has 23 heavy (non-hydrogen) atoms. The van der Waals surface area contributed by atoms with Gasteiger partial charge in [-0.05, 0) is 25.2 Å². The van der Waals surface area contributed by atoms with Crippen LogP contribution in [0.2, 0.25) is 0 Å². The Morgan fingerprint density at radius 2 is 2.13 bits per heavy atom. The molecule has 0 spiro atoms. The Kier molecular flexibility index (Phi) is 4.90. The van der Waals surface area contributed by atoms with Gasteiger partial charge in [-0.25, -0.2) is 9.59 Å². The van der Waals surface area contributed by atoms with Crippen LogP contribution in [-0.2, 0) is 20.6 Å². The van der Waals surface area contributed by atoms with Crippen LogP contribution >= 0.6 is 7.60 Å². The second kappa shape index (κ2) is 6.40. The summed E-state index contributed by atoms with van der Waals surface area (Å²) >= 11 is 0. The van der Waals surface area contributed by atoms with Crippen LogP contribution in [0.1, 0.15) is 12.0 Å². The number of carbonyl (C=O) groups is 1. The topological polar surface area (TPSA) is 159 Å². The molecule has 1 heterocycles. The van der Waals surface area contributed by atoms with E-state index in [2.05, 4.69) is 4.98 Å². The lowest BCUT2D eigenvalue weighted by Crippen LogP contribution is -2.31. The summed E-state index contributed by atoms with van der Waals surface area (Å²) in [6.45, 7) is 1.77. The molecule has 1 unspecified atom stereocenters. The molecular weight excluding hydrogens is 331 g/mol. The van der Waals surface area contributed by atoms with E-state index in [0.717, 1.165) is 0 Å². The number of H-pyrrole nitrogens is 1. The van der Waals surface area contributed by atoms with Gasteiger partial charge >= 0.3 is 19.3 Å². The molecule has 1 aliphatic rings. The van der Waals surface area contributed by atoms with E-state index in [0.29, 0.717) is 18.5 Å². The highest BCUT2D eigenvalue weighted by molar-refractivity contribution is 7.53. The molecule has 11 heteroatoms. The number of nitrogens with one attached hydrogen (secondary N) is 1. The number of aromatic amines is 1. The van der Waals surface area contributed by atoms with Crippen LogP contribution in [0, 0.1) is 18.8 Å². The third kappa shape index (κ3) is 4.38. The Hall–Kier alpha value is -1.74. The minimum Gasteiger partial charge on any atom is -0.479 e. The Bertz CT molecular complexity index is 763. The third-order valence-electron chi connectivity index (χ3n) is 3.67. The summed E-state index contributed by atoms with van der Waals surface area (Å²) in [5.74, 6) is -3.98. The standard InChI is InChI=1S/C12H17N2O8P/c1-6-3-14(12(18)13-9(6)15)4-7-2-8(7)5-22-11(10(16)17)23(19,20)21/h3,7-8,11H,2,4-5H2,1H3,(H,16,17)(H,13,15,18)(H2,19,20,21)/t7-,8+,11?/m1/s1. The smallest absolute Gasteiger partial charge is 0.365 e. The van der Waals surface area contributed by atoms with Crippen molar-refractivity contribution in [2.24, 2.45) is 11.8 Å². The van der Waals surface area contributed by atoms with Gasteiger partial charge in [-0.3, -0.25) is 14.3 Å². The highest BCUT2D eigenvalue weighted by Gasteiger charge is 2.42. The average Bonchev–Trinajstić information content (AvgIpc) is 3.12. The van der Waals surface area contributed by atoms with Crippen molar-refractivity contribution in [3.63, 3.8) is 0 Å². The van der Waals surface area contributed by atoms with Crippen molar-refractivity contribution in [1.82, 2.24) is 9.55 Å². The molecule has 1 aromatic heterocycles. The number of hydrogen-bond acceptors (Lipinski definition) is 5. The van der Waals surface area contributed by atoms with Crippen LogP contribution in [0.3, 0.4) is 0 Å². The van der Waals surface area contributed by atoms with Crippen molar-refractivity contribution < 1.29 is 29.0 Å². The van der Waals surface area contributed by atoms with E-state index in [-0.39, 0.29) is 18.4 Å². The first-order valence-electron chi connectivity index (χ1n) is 6.79. The number of ether oxygens (including phenoxy) is 1. The van der Waals surface area contributed by atoms with Crippen molar-refractivity contribution in [3.05, 3.63) is 32.6 Å². The first-order chi connectivity index (χ1) is 10.6. The number of rotatable bonds is 7. The van der Waals surface area contributed by atoms with Gasteiger partial charge in [0.2, 0.25) is 0 Å². The lowest BCUT2D eigenvalue weighted by atomic mass is 10.3. The molecule has 10 nitrogen and oxygen atoms in total. The highest BCUT2D eigenvalue weighted by atomic mass is 31.2. The molecule has 3 atom stereocenters. The molecule has 0 saturated heterocycles. The molecule has 1 aliphatic carbocycles. The second-order valence-electron chi connectivity index (χ2n) is 5.59. The van der Waals surface area contributed by atoms with Crippen LogP contribution in [-0.4, -0.2) is 42.9 Å². The van der Waals surface area contributed by atoms with Gasteiger partial charge in [0.05, 0.1) is 6.61 Å². The summed E-state index contributed by atoms with van der Waals surface area (Å²) in [6.07, 6.45) is 2.07. The van der Waals surface area contributed by atoms with E-state index < -0.39 is 30.7 Å². The molecule has 0 amide bonds. The van der Waals surface area contributed by atoms with Crippen molar-refractivity contribution in [3.8, 4) is 0 Å². The number of carboxylic acid groups (broad SMARTS) is 1. The zero-order valence-corrected chi connectivity index (χ0v) is 13.1. The summed E-state index contributed by atoms with van der Waals surface area (Å²) in [5, 5.41) is 8.74. The van der Waals surface area contributed by atoms with Crippen LogP contribution in [0.15, 0.2) is 15.8 Å². The van der Waals surface area contributed by atoms with Crippen LogP contribution < -0.4 is 11.2 Å². The fraction of sp³-hybridized carbons (Fsp3) is 0.583. The van der Waals surface area contributed by atoms with E-state index in [4.69, 9.17) is 19.6 Å². The Morgan fingerprint density at radius 1 is 1.48 bits per heavy atom. The van der Waals surface area contributed by atoms with Crippen LogP contribution in [0.5, 0.6) is 0 Å². The molecule has 0 aliphatic heterocycles. The monoisotopic (exact) mass is 348 g/mol. The van der Waals surface area contributed by atoms with Crippen molar-refractivity contribution in [2.45, 2.75) is 25.7 Å². The zero-order valence-electron chi connectivity index (χ0n) is 12.2. The Balaban J connectivity index is 1.93. The fourth-order valence-electron chi connectivity index (χ4n) is 2.27. The number of aryl methyl sites for hydroxylation is 1. The minimum absolute atomic E-state index is 0.0178. The summed E-state index contributed by atoms with van der Waals surface area (Å²) in [4.78, 5) is 53.7. The Morgan fingerprint density at radius 3 is 2.70 bits per heavy atom. The first-order valence-corrected chi connectivity index (χ1v) is 8.47. The van der Waals surface area contributed by atoms with Crippen LogP contribution in [0.25, 0.3) is 0 Å². The van der Waals surface area contributed by atoms with Gasteiger partial charge in [0.1, 0.15) is 0 Å². The maximum atomic E-state index is 11.6. The Labute approximate surface area is 129 Å². The number of hydrogen-bond donors (Lipinski definition) is 4. The van der Waals surface area contributed by atoms with Gasteiger partial charge in [0.15, 0.2) is 0 Å². The largest absolute Gasteiger partial charge is 0.479 e. The molecule has 128 valence electrons. The number of nitrogens with zero attached hydrogens (tertiary/aromatic N) is 1. The lowest BCUT2D eigenvalue weighted by Gasteiger charge is -2.14. The number of carboxylic acids is 1. The van der Waals surface area contributed by atoms with E-state index in [1.165, 1.54) is 10.8 Å².